The number of nitrogens with one attached hydrogen (secondary N) is 6. The molecule has 2 atom stereocenters. The number of hydrogen-bond acceptors (Lipinski definition) is 19. The Morgan fingerprint density at radius 2 is 0.911 bits per heavy atom. The summed E-state index contributed by atoms with van der Waals surface area (Å²) in [5.41, 5.74) is 12.0. The van der Waals surface area contributed by atoms with Gasteiger partial charge in [0.25, 0.3) is 23.6 Å². The summed E-state index contributed by atoms with van der Waals surface area (Å²) in [6.07, 6.45) is 1.20. The number of rotatable bonds is 26. The number of anilines is 6. The minimum atomic E-state index is -1.42. The van der Waals surface area contributed by atoms with E-state index < -0.39 is 64.5 Å². The van der Waals surface area contributed by atoms with Crippen LogP contribution in [-0.2, 0) is 20.8 Å². The third kappa shape index (κ3) is 19.0. The first-order chi connectivity index (χ1) is 48.2. The fourth-order valence-electron chi connectivity index (χ4n) is 10.2. The number of aromatic carboxylic acids is 1. The van der Waals surface area contributed by atoms with Crippen LogP contribution in [0.25, 0.3) is 6.08 Å². The molecule has 26 nitrogen and oxygen atoms in total. The van der Waals surface area contributed by atoms with Gasteiger partial charge in [-0.1, -0.05) is 42.5 Å². The molecule has 0 bridgehead atoms. The minimum absolute atomic E-state index is 0.00803. The van der Waals surface area contributed by atoms with E-state index in [1.165, 1.54) is 68.8 Å². The highest BCUT2D eigenvalue weighted by atomic mass is 16.5. The van der Waals surface area contributed by atoms with Gasteiger partial charge in [0.05, 0.1) is 87.3 Å². The van der Waals surface area contributed by atoms with Crippen molar-refractivity contribution in [2.24, 2.45) is 11.7 Å². The van der Waals surface area contributed by atoms with E-state index in [2.05, 4.69) is 31.9 Å². The topological polar surface area (TPSA) is 417 Å². The van der Waals surface area contributed by atoms with Crippen LogP contribution in [0.1, 0.15) is 116 Å². The van der Waals surface area contributed by atoms with Crippen LogP contribution in [0.15, 0.2) is 151 Å². The molecule has 0 aliphatic rings. The van der Waals surface area contributed by atoms with Gasteiger partial charge < -0.3 is 77.0 Å². The van der Waals surface area contributed by atoms with Crippen LogP contribution < -0.4 is 56.6 Å². The zero-order valence-electron chi connectivity index (χ0n) is 56.0. The molecule has 8 aromatic rings. The third-order valence-electron chi connectivity index (χ3n) is 15.8. The van der Waals surface area contributed by atoms with Gasteiger partial charge in [-0.15, -0.1) is 0 Å². The molecule has 8 rings (SSSR count). The Morgan fingerprint density at radius 1 is 0.485 bits per heavy atom. The van der Waals surface area contributed by atoms with Gasteiger partial charge in [-0.05, 0) is 165 Å². The number of nitrogens with two attached hydrogens (primary N) is 1. The number of phenolic OH excluding ortho intramolecular Hbond substituents is 2. The summed E-state index contributed by atoms with van der Waals surface area (Å²) >= 11 is 0. The molecule has 0 aliphatic carbocycles. The number of carboxylic acids is 1. The second kappa shape index (κ2) is 34.6. The maximum Gasteiger partial charge on any atom is 0.339 e. The first kappa shape index (κ1) is 75.1. The van der Waals surface area contributed by atoms with Crippen molar-refractivity contribution in [3.05, 3.63) is 212 Å². The normalized spacial score (nSPS) is 11.3. The van der Waals surface area contributed by atoms with Crippen LogP contribution in [0.3, 0.4) is 0 Å². The molecule has 0 saturated carbocycles. The van der Waals surface area contributed by atoms with E-state index in [9.17, 15) is 68.8 Å². The van der Waals surface area contributed by atoms with Crippen LogP contribution >= 0.6 is 0 Å². The molecular formula is C75H71N9O17. The molecule has 0 aliphatic heterocycles. The number of nitriles is 2. The largest absolute Gasteiger partial charge is 0.508 e. The number of phenols is 3. The number of Topliss-reactive ketones (excluding diaryl/α,β-unsaturated/α-hetero) is 2. The zero-order valence-corrected chi connectivity index (χ0v) is 56.0. The van der Waals surface area contributed by atoms with Crippen LogP contribution in [-0.4, -0.2) is 108 Å². The monoisotopic (exact) mass is 1370 g/mol. The number of allylic oxidation sites excluding steroid dienone is 1. The van der Waals surface area contributed by atoms with Crippen molar-refractivity contribution in [3.63, 3.8) is 0 Å². The molecule has 0 spiro atoms. The number of ether oxygens (including phenoxy) is 4. The third-order valence-corrected chi connectivity index (χ3v) is 15.8. The molecule has 0 heterocycles. The number of methoxy groups -OCH3 is 4. The first-order valence-electron chi connectivity index (χ1n) is 30.8. The average Bonchev–Trinajstić information content (AvgIpc) is 0.805. The molecule has 12 N–H and O–H groups in total. The van der Waals surface area contributed by atoms with Crippen molar-refractivity contribution in [1.29, 1.82) is 10.5 Å². The molecule has 6 amide bonds. The number of aryl methyl sites for hydroxylation is 1. The van der Waals surface area contributed by atoms with E-state index in [1.54, 1.807) is 106 Å². The molecule has 518 valence electrons. The van der Waals surface area contributed by atoms with Crippen molar-refractivity contribution in [2.45, 2.75) is 59.4 Å². The van der Waals surface area contributed by atoms with Crippen LogP contribution in [0, 0.1) is 49.4 Å². The van der Waals surface area contributed by atoms with E-state index in [4.69, 9.17) is 29.9 Å². The second-order valence-electron chi connectivity index (χ2n) is 22.6. The molecule has 101 heavy (non-hydrogen) atoms. The van der Waals surface area contributed by atoms with Crippen LogP contribution in [0.5, 0.6) is 40.2 Å². The first-order valence-corrected chi connectivity index (χ1v) is 30.8. The summed E-state index contributed by atoms with van der Waals surface area (Å²) in [5.74, 6) is -7.20. The number of amides is 6. The Morgan fingerprint density at radius 3 is 1.41 bits per heavy atom. The summed E-state index contributed by atoms with van der Waals surface area (Å²) in [5, 5.41) is 74.0. The standard InChI is InChI=1S/C46H40N4O12.C29H31N5O5/c1-25(22-26-6-14-32(51)15-7-26)37(52)23-27-4-8-28(9-5-27)38(53)24-30(20-21-47)44(57)48-31-12-10-29(11-13-31)43(56)49-35-18-16-33(39(54)41(35)61-2)45(58)50-36-19-17-34(46(59)60)40(55)42(36)62-3;1-16-6-12-23(25(38-4)17(16)2)34-28(36)21-11-13-24(26(39-5)18(21)3)33-27(35)19-7-9-20(10-8-19)32-29(37)22(31)14-15-30/h4-19,22,30,51,54-55H,20,23-24H2,1-3H3,(H,48,57)(H,49,56)(H,50,58)(H,59,60);6-13,22H,14,31H2,1-5H3,(H,32,37)(H,33,35)(H,34,36)/b25-22+;/t30-;22-/m10/s1. The molecule has 0 radical (unpaired) electrons. The Hall–Kier alpha value is -13.3. The number of nitrogens with zero attached hydrogens (tertiary/aromatic N) is 2. The summed E-state index contributed by atoms with van der Waals surface area (Å²) in [7, 11) is 5.37. The summed E-state index contributed by atoms with van der Waals surface area (Å²) < 4.78 is 21.4. The highest BCUT2D eigenvalue weighted by Gasteiger charge is 2.27. The SMILES string of the molecule is COc1c(NC(=O)c2ccc(NC(=O)c3ccc(NC(=O)[C@@H](N)CC#N)cc3)c(OC)c2C)ccc(C)c1C.COc1c(NC(=O)c2ccc(NC(=O)c3ccc(NC(=O)[C@H](CC#N)CC(=O)c4ccc(CC(=O)/C(C)=C/c5ccc(O)cc5)cc4)cc3)c(OC)c2O)ccc(C(=O)O)c1O. The number of benzene rings is 8. The summed E-state index contributed by atoms with van der Waals surface area (Å²) in [6.45, 7) is 7.31. The second-order valence-corrected chi connectivity index (χ2v) is 22.6. The molecule has 0 saturated heterocycles. The predicted octanol–water partition coefficient (Wildman–Crippen LogP) is 11.3. The van der Waals surface area contributed by atoms with Gasteiger partial charge in [0.1, 0.15) is 22.8 Å². The maximum absolute atomic E-state index is 13.2. The Labute approximate surface area is 580 Å². The van der Waals surface area contributed by atoms with Crippen molar-refractivity contribution >= 4 is 93.2 Å². The van der Waals surface area contributed by atoms with Crippen LogP contribution in [0.2, 0.25) is 0 Å². The van der Waals surface area contributed by atoms with Gasteiger partial charge in [-0.3, -0.25) is 38.4 Å². The van der Waals surface area contributed by atoms with Crippen molar-refractivity contribution in [2.75, 3.05) is 60.3 Å². The lowest BCUT2D eigenvalue weighted by molar-refractivity contribution is -0.120. The lowest BCUT2D eigenvalue weighted by Gasteiger charge is -2.17. The Kier molecular flexibility index (Phi) is 25.7. The quantitative estimate of drug-likeness (QED) is 0.0177. The predicted molar refractivity (Wildman–Crippen MR) is 376 cm³/mol. The summed E-state index contributed by atoms with van der Waals surface area (Å²) in [4.78, 5) is 115. The van der Waals surface area contributed by atoms with Crippen molar-refractivity contribution < 1.29 is 82.5 Å². The Balaban J connectivity index is 0.000000315. The average molecular weight is 1370 g/mol. The fourth-order valence-corrected chi connectivity index (χ4v) is 10.2. The number of carbonyl (C=O) groups excluding carboxylic acids is 8. The number of hydrogen-bond donors (Lipinski definition) is 11. The van der Waals surface area contributed by atoms with E-state index in [0.717, 1.165) is 29.9 Å². The van der Waals surface area contributed by atoms with Gasteiger partial charge in [-0.25, -0.2) is 4.79 Å². The Bertz CT molecular complexity index is 4620. The smallest absolute Gasteiger partial charge is 0.339 e. The molecule has 8 aromatic carbocycles. The number of ketones is 2. The highest BCUT2D eigenvalue weighted by molar-refractivity contribution is 6.12. The van der Waals surface area contributed by atoms with Crippen molar-refractivity contribution in [3.8, 4) is 52.4 Å². The molecule has 26 heteroatoms. The van der Waals surface area contributed by atoms with Gasteiger partial charge in [0, 0.05) is 58.5 Å². The molecular weight excluding hydrogens is 1300 g/mol. The summed E-state index contributed by atoms with van der Waals surface area (Å²) in [6, 6.07) is 39.3. The molecule has 0 aromatic heterocycles. The van der Waals surface area contributed by atoms with E-state index in [0.29, 0.717) is 62.0 Å². The number of carbonyl (C=O) groups is 9. The number of carboxylic acid groups (broad SMARTS) is 1. The van der Waals surface area contributed by atoms with Gasteiger partial charge in [0.15, 0.2) is 34.6 Å². The molecule has 0 fully saturated rings. The lowest BCUT2D eigenvalue weighted by atomic mass is 9.94. The van der Waals surface area contributed by atoms with E-state index in [-0.39, 0.29) is 88.6 Å². The lowest BCUT2D eigenvalue weighted by Crippen LogP contribution is -2.35. The molecule has 0 unspecified atom stereocenters. The zero-order chi connectivity index (χ0) is 73.8. The van der Waals surface area contributed by atoms with E-state index in [1.807, 2.05) is 32.1 Å². The van der Waals surface area contributed by atoms with E-state index >= 15 is 0 Å². The van der Waals surface area contributed by atoms with Gasteiger partial charge in [-0.2, -0.15) is 10.5 Å². The maximum atomic E-state index is 13.2. The van der Waals surface area contributed by atoms with Crippen molar-refractivity contribution in [1.82, 2.24) is 0 Å². The minimum Gasteiger partial charge on any atom is -0.508 e. The van der Waals surface area contributed by atoms with Crippen LogP contribution in [0.4, 0.5) is 34.1 Å². The van der Waals surface area contributed by atoms with Gasteiger partial charge >= 0.3 is 5.97 Å². The van der Waals surface area contributed by atoms with Gasteiger partial charge in [0.2, 0.25) is 11.8 Å². The fraction of sp³-hybridized carbons (Fsp3) is 0.187. The number of aromatic hydroxyl groups is 3. The highest BCUT2D eigenvalue weighted by Crippen LogP contribution is 2.41.